The van der Waals surface area contributed by atoms with Gasteiger partial charge in [0.25, 0.3) is 0 Å². The van der Waals surface area contributed by atoms with E-state index in [1.807, 2.05) is 13.8 Å². The number of carboxylic acids is 1. The van der Waals surface area contributed by atoms with E-state index in [0.717, 1.165) is 15.6 Å². The van der Waals surface area contributed by atoms with Crippen molar-refractivity contribution < 1.29 is 14.3 Å². The van der Waals surface area contributed by atoms with Gasteiger partial charge in [0.2, 0.25) is 0 Å². The monoisotopic (exact) mass is 251 g/mol. The van der Waals surface area contributed by atoms with Crippen molar-refractivity contribution in [3.8, 4) is 0 Å². The van der Waals surface area contributed by atoms with Gasteiger partial charge in [-0.3, -0.25) is 4.79 Å². The van der Waals surface area contributed by atoms with E-state index in [0.29, 0.717) is 5.76 Å². The zero-order chi connectivity index (χ0) is 12.4. The molecule has 0 aliphatic heterocycles. The third-order valence-electron chi connectivity index (χ3n) is 2.61. The van der Waals surface area contributed by atoms with Gasteiger partial charge < -0.3 is 9.52 Å². The van der Waals surface area contributed by atoms with Crippen LogP contribution in [0.5, 0.6) is 0 Å². The van der Waals surface area contributed by atoms with Crippen LogP contribution in [0, 0.1) is 13.8 Å². The van der Waals surface area contributed by atoms with Crippen LogP contribution in [-0.2, 0) is 4.79 Å². The number of aryl methyl sites for hydroxylation is 2. The van der Waals surface area contributed by atoms with Crippen LogP contribution in [-0.4, -0.2) is 16.1 Å². The molecule has 2 aromatic rings. The Morgan fingerprint density at radius 1 is 1.59 bits per heavy atom. The molecule has 90 valence electrons. The van der Waals surface area contributed by atoms with Crippen molar-refractivity contribution in [2.45, 2.75) is 26.2 Å². The maximum Gasteiger partial charge on any atom is 0.304 e. The molecule has 0 aliphatic carbocycles. The molecule has 1 N–H and O–H groups in total. The first-order valence-electron chi connectivity index (χ1n) is 5.27. The van der Waals surface area contributed by atoms with Crippen molar-refractivity contribution in [2.75, 3.05) is 0 Å². The molecule has 0 fully saturated rings. The summed E-state index contributed by atoms with van der Waals surface area (Å²) >= 11 is 1.53. The summed E-state index contributed by atoms with van der Waals surface area (Å²) in [7, 11) is 0. The van der Waals surface area contributed by atoms with Crippen LogP contribution in [0.15, 0.2) is 22.8 Å². The quantitative estimate of drug-likeness (QED) is 0.907. The normalized spacial score (nSPS) is 12.6. The molecule has 2 heterocycles. The average molecular weight is 251 g/mol. The van der Waals surface area contributed by atoms with Crippen LogP contribution in [0.1, 0.15) is 33.7 Å². The maximum absolute atomic E-state index is 10.9. The molecule has 0 aliphatic rings. The molecule has 0 aromatic carbocycles. The predicted octanol–water partition coefficient (Wildman–Crippen LogP) is 2.96. The standard InChI is InChI=1S/C12H13NO3S/c1-7-8(2)17-12(13-7)9(6-11(14)15)10-4-3-5-16-10/h3-5,9H,6H2,1-2H3,(H,14,15). The zero-order valence-corrected chi connectivity index (χ0v) is 10.5. The summed E-state index contributed by atoms with van der Waals surface area (Å²) in [5, 5.41) is 9.76. The van der Waals surface area contributed by atoms with Gasteiger partial charge in [-0.05, 0) is 26.0 Å². The molecule has 0 bridgehead atoms. The van der Waals surface area contributed by atoms with Gasteiger partial charge in [-0.2, -0.15) is 0 Å². The molecular weight excluding hydrogens is 238 g/mol. The Hall–Kier alpha value is -1.62. The number of thiazole rings is 1. The Morgan fingerprint density at radius 2 is 2.35 bits per heavy atom. The fraction of sp³-hybridized carbons (Fsp3) is 0.333. The molecule has 1 unspecified atom stereocenters. The highest BCUT2D eigenvalue weighted by molar-refractivity contribution is 7.11. The summed E-state index contributed by atoms with van der Waals surface area (Å²) in [6.45, 7) is 3.91. The lowest BCUT2D eigenvalue weighted by Crippen LogP contribution is -2.07. The summed E-state index contributed by atoms with van der Waals surface area (Å²) in [5.74, 6) is -0.488. The van der Waals surface area contributed by atoms with E-state index in [-0.39, 0.29) is 12.3 Å². The molecule has 0 saturated heterocycles. The molecule has 0 amide bonds. The molecule has 17 heavy (non-hydrogen) atoms. The van der Waals surface area contributed by atoms with E-state index in [1.165, 1.54) is 11.3 Å². The molecule has 2 rings (SSSR count). The highest BCUT2D eigenvalue weighted by atomic mass is 32.1. The summed E-state index contributed by atoms with van der Waals surface area (Å²) in [6.07, 6.45) is 1.55. The summed E-state index contributed by atoms with van der Waals surface area (Å²) in [5.41, 5.74) is 0.951. The average Bonchev–Trinajstić information content (AvgIpc) is 2.86. The van der Waals surface area contributed by atoms with Gasteiger partial charge in [-0.1, -0.05) is 0 Å². The summed E-state index contributed by atoms with van der Waals surface area (Å²) < 4.78 is 5.30. The molecule has 2 aromatic heterocycles. The smallest absolute Gasteiger partial charge is 0.304 e. The highest BCUT2D eigenvalue weighted by Gasteiger charge is 2.24. The molecular formula is C12H13NO3S. The number of aliphatic carboxylic acids is 1. The Balaban J connectivity index is 2.36. The lowest BCUT2D eigenvalue weighted by atomic mass is 10.0. The Kier molecular flexibility index (Phi) is 3.28. The van der Waals surface area contributed by atoms with Crippen molar-refractivity contribution >= 4 is 17.3 Å². The van der Waals surface area contributed by atoms with Crippen LogP contribution in [0.3, 0.4) is 0 Å². The van der Waals surface area contributed by atoms with Gasteiger partial charge in [-0.25, -0.2) is 4.98 Å². The van der Waals surface area contributed by atoms with Gasteiger partial charge >= 0.3 is 5.97 Å². The van der Waals surface area contributed by atoms with Crippen molar-refractivity contribution in [3.63, 3.8) is 0 Å². The van der Waals surface area contributed by atoms with Crippen LogP contribution < -0.4 is 0 Å². The molecule has 0 saturated carbocycles. The van der Waals surface area contributed by atoms with Crippen molar-refractivity contribution in [2.24, 2.45) is 0 Å². The van der Waals surface area contributed by atoms with Gasteiger partial charge in [0.1, 0.15) is 10.8 Å². The van der Waals surface area contributed by atoms with Gasteiger partial charge in [0.15, 0.2) is 0 Å². The second-order valence-corrected chi connectivity index (χ2v) is 5.09. The predicted molar refractivity (Wildman–Crippen MR) is 64.4 cm³/mol. The van der Waals surface area contributed by atoms with Crippen molar-refractivity contribution in [1.82, 2.24) is 4.98 Å². The number of nitrogens with zero attached hydrogens (tertiary/aromatic N) is 1. The third kappa shape index (κ3) is 2.55. The minimum atomic E-state index is -0.850. The van der Waals surface area contributed by atoms with E-state index < -0.39 is 5.97 Å². The van der Waals surface area contributed by atoms with Crippen molar-refractivity contribution in [1.29, 1.82) is 0 Å². The second kappa shape index (κ2) is 4.71. The first-order valence-corrected chi connectivity index (χ1v) is 6.08. The molecule has 0 radical (unpaired) electrons. The highest BCUT2D eigenvalue weighted by Crippen LogP contribution is 2.32. The molecule has 5 heteroatoms. The maximum atomic E-state index is 10.9. The van der Waals surface area contributed by atoms with E-state index in [2.05, 4.69) is 4.98 Å². The largest absolute Gasteiger partial charge is 0.481 e. The molecule has 4 nitrogen and oxygen atoms in total. The lowest BCUT2D eigenvalue weighted by molar-refractivity contribution is -0.137. The van der Waals surface area contributed by atoms with Gasteiger partial charge in [-0.15, -0.1) is 11.3 Å². The fourth-order valence-electron chi connectivity index (χ4n) is 1.62. The van der Waals surface area contributed by atoms with Crippen molar-refractivity contribution in [3.05, 3.63) is 39.7 Å². The minimum Gasteiger partial charge on any atom is -0.481 e. The Morgan fingerprint density at radius 3 is 2.82 bits per heavy atom. The molecule has 0 spiro atoms. The van der Waals surface area contributed by atoms with E-state index in [9.17, 15) is 4.79 Å². The Labute approximate surface area is 103 Å². The van der Waals surface area contributed by atoms with Crippen LogP contribution in [0.25, 0.3) is 0 Å². The number of rotatable bonds is 4. The van der Waals surface area contributed by atoms with E-state index in [1.54, 1.807) is 18.4 Å². The summed E-state index contributed by atoms with van der Waals surface area (Å²) in [4.78, 5) is 16.4. The first kappa shape index (κ1) is 11.9. The third-order valence-corrected chi connectivity index (χ3v) is 3.80. The Bertz CT molecular complexity index is 496. The van der Waals surface area contributed by atoms with E-state index in [4.69, 9.17) is 9.52 Å². The van der Waals surface area contributed by atoms with Crippen LogP contribution in [0.4, 0.5) is 0 Å². The van der Waals surface area contributed by atoms with Crippen LogP contribution in [0.2, 0.25) is 0 Å². The first-order chi connectivity index (χ1) is 8.08. The lowest BCUT2D eigenvalue weighted by Gasteiger charge is -2.08. The number of hydrogen-bond donors (Lipinski definition) is 1. The molecule has 1 atom stereocenters. The number of carboxylic acid groups (broad SMARTS) is 1. The van der Waals surface area contributed by atoms with Gasteiger partial charge in [0.05, 0.1) is 24.3 Å². The number of furan rings is 1. The summed E-state index contributed by atoms with van der Waals surface area (Å²) in [6, 6.07) is 3.55. The SMILES string of the molecule is Cc1nc(C(CC(=O)O)c2ccco2)sc1C. The minimum absolute atomic E-state index is 0.0000926. The fourth-order valence-corrected chi connectivity index (χ4v) is 2.65. The number of aromatic nitrogens is 1. The second-order valence-electron chi connectivity index (χ2n) is 3.86. The van der Waals surface area contributed by atoms with E-state index >= 15 is 0 Å². The van der Waals surface area contributed by atoms with Crippen LogP contribution >= 0.6 is 11.3 Å². The number of hydrogen-bond acceptors (Lipinski definition) is 4. The zero-order valence-electron chi connectivity index (χ0n) is 9.64. The van der Waals surface area contributed by atoms with Gasteiger partial charge in [0, 0.05) is 4.88 Å². The number of carbonyl (C=O) groups is 1. The topological polar surface area (TPSA) is 63.3 Å².